The van der Waals surface area contributed by atoms with Crippen LogP contribution in [0.2, 0.25) is 0 Å². The van der Waals surface area contributed by atoms with E-state index in [9.17, 15) is 0 Å². The molecule has 2 fully saturated rings. The predicted molar refractivity (Wildman–Crippen MR) is 69.5 cm³/mol. The molecule has 0 aromatic rings. The van der Waals surface area contributed by atoms with E-state index in [1.54, 1.807) is 0 Å². The molecule has 2 unspecified atom stereocenters. The van der Waals surface area contributed by atoms with Crippen molar-refractivity contribution >= 4 is 35.3 Å². The minimum absolute atomic E-state index is 0.324. The van der Waals surface area contributed by atoms with Gasteiger partial charge < -0.3 is 0 Å². The van der Waals surface area contributed by atoms with Crippen molar-refractivity contribution in [3.8, 4) is 0 Å². The van der Waals surface area contributed by atoms with Gasteiger partial charge >= 0.3 is 117 Å². The molecule has 1 nitrogen and oxygen atoms in total. The monoisotopic (exact) mass is 377 g/mol. The molecule has 0 aliphatic carbocycles. The quantitative estimate of drug-likeness (QED) is 0.493. The van der Waals surface area contributed by atoms with Crippen LogP contribution in [0.5, 0.6) is 0 Å². The Balaban J connectivity index is 1.68. The van der Waals surface area contributed by atoms with Gasteiger partial charge in [0.1, 0.15) is 0 Å². The number of alkyl halides is 2. The first-order valence-corrected chi connectivity index (χ1v) is 11.0. The van der Waals surface area contributed by atoms with Gasteiger partial charge in [0.05, 0.1) is 0 Å². The Bertz CT molecular complexity index is 169. The molecule has 2 rings (SSSR count). The first kappa shape index (κ1) is 13.2. The molecule has 2 aliphatic rings. The van der Waals surface area contributed by atoms with E-state index in [0.717, 1.165) is 19.0 Å². The molecule has 0 bridgehead atoms. The van der Waals surface area contributed by atoms with E-state index < -0.39 is 0 Å². The van der Waals surface area contributed by atoms with Gasteiger partial charge in [-0.05, 0) is 0 Å². The van der Waals surface area contributed by atoms with Crippen LogP contribution in [-0.2, 0) is 4.74 Å². The summed E-state index contributed by atoms with van der Waals surface area (Å²) in [5.41, 5.74) is 0.442. The fourth-order valence-electron chi connectivity index (χ4n) is 1.44. The van der Waals surface area contributed by atoms with E-state index in [2.05, 4.69) is 37.4 Å². The topological polar surface area (TPSA) is 9.23 Å². The summed E-state index contributed by atoms with van der Waals surface area (Å²) in [6, 6.07) is 0. The summed E-state index contributed by atoms with van der Waals surface area (Å²) in [4.78, 5) is 0. The number of ether oxygens (including phenoxy) is 1. The zero-order valence-corrected chi connectivity index (χ0v) is 13.8. The van der Waals surface area contributed by atoms with Crippen molar-refractivity contribution in [3.63, 3.8) is 0 Å². The summed E-state index contributed by atoms with van der Waals surface area (Å²) >= 11 is 6.75. The number of rotatable bonds is 2. The zero-order valence-electron chi connectivity index (χ0n) is 9.15. The molecule has 5 heteroatoms. The Morgan fingerprint density at radius 3 is 2.40 bits per heavy atom. The van der Waals surface area contributed by atoms with Crippen molar-refractivity contribution in [2.24, 2.45) is 5.92 Å². The first-order chi connectivity index (χ1) is 7.24. The first-order valence-electron chi connectivity index (χ1n) is 5.32. The number of hydrogen-bond acceptors (Lipinski definition) is 4. The van der Waals surface area contributed by atoms with Crippen LogP contribution in [0.4, 0.5) is 0 Å². The molecule has 0 saturated carbocycles. The maximum atomic E-state index is 5.73. The molecule has 0 amide bonds. The van der Waals surface area contributed by atoms with Gasteiger partial charge in [0, 0.05) is 0 Å². The van der Waals surface area contributed by atoms with Crippen molar-refractivity contribution in [3.05, 3.63) is 0 Å². The van der Waals surface area contributed by atoms with Crippen LogP contribution in [0.3, 0.4) is 0 Å². The van der Waals surface area contributed by atoms with E-state index >= 15 is 0 Å². The van der Waals surface area contributed by atoms with E-state index in [4.69, 9.17) is 4.74 Å². The average molecular weight is 377 g/mol. The molecule has 2 atom stereocenters. The molecule has 90 valence electrons. The fraction of sp³-hybridized carbons (Fsp3) is 1.00. The van der Waals surface area contributed by atoms with Gasteiger partial charge in [-0.15, -0.1) is 0 Å². The number of thioether (sulfide) groups is 3. The molecule has 2 heterocycles. The Hall–Kier alpha value is 1.74. The maximum absolute atomic E-state index is 5.73. The van der Waals surface area contributed by atoms with E-state index in [-0.39, 0.29) is 0 Å². The minimum atomic E-state index is 0.324. The van der Waals surface area contributed by atoms with Crippen LogP contribution in [-0.4, -0.2) is 35.8 Å². The van der Waals surface area contributed by atoms with Gasteiger partial charge in [0.2, 0.25) is 0 Å². The second kappa shape index (κ2) is 6.61. The Kier molecular flexibility index (Phi) is 5.81. The van der Waals surface area contributed by atoms with Gasteiger partial charge in [-0.2, -0.15) is 0 Å². The molecule has 0 radical (unpaired) electrons. The summed E-state index contributed by atoms with van der Waals surface area (Å²) in [6.45, 7) is 5.58. The third kappa shape index (κ3) is 4.48. The third-order valence-corrected chi connectivity index (χ3v) is 12.9. The molecule has 15 heavy (non-hydrogen) atoms. The summed E-state index contributed by atoms with van der Waals surface area (Å²) in [5, 5.41) is 0. The van der Waals surface area contributed by atoms with Crippen LogP contribution >= 0.6 is 35.3 Å². The van der Waals surface area contributed by atoms with E-state index in [1.165, 1.54) is 17.3 Å². The molecule has 0 N–H and O–H groups in total. The van der Waals surface area contributed by atoms with Crippen LogP contribution in [0.1, 0.15) is 13.8 Å². The molecule has 0 aromatic carbocycles. The van der Waals surface area contributed by atoms with Crippen molar-refractivity contribution in [1.82, 2.24) is 0 Å². The standard InChI is InChI=1S/C10H18IOS3/c1-7-4-14-10(15-5-7)11-9-3-12-8(2)13-6-9/h7-10H,3-6H2,1-2H3/q-1. The summed E-state index contributed by atoms with van der Waals surface area (Å²) in [6.07, 6.45) is 0. The van der Waals surface area contributed by atoms with Crippen molar-refractivity contribution in [2.45, 2.75) is 25.8 Å². The van der Waals surface area contributed by atoms with Crippen LogP contribution in [0, 0.1) is 5.92 Å². The van der Waals surface area contributed by atoms with Crippen molar-refractivity contribution < 1.29 is 25.9 Å². The number of hydrogen-bond donors (Lipinski definition) is 0. The SMILES string of the molecule is CC1CSC([I-]C2COC(C)SC2)SC1. The second-order valence-corrected chi connectivity index (χ2v) is 13.3. The van der Waals surface area contributed by atoms with Gasteiger partial charge in [-0.3, -0.25) is 0 Å². The van der Waals surface area contributed by atoms with Crippen LogP contribution in [0.15, 0.2) is 0 Å². The molecular weight excluding hydrogens is 359 g/mol. The molecule has 0 spiro atoms. The summed E-state index contributed by atoms with van der Waals surface area (Å²) in [5.74, 6) is 5.04. The normalized spacial score (nSPS) is 43.1. The molecular formula is C10H18IOS3-. The molecule has 0 aromatic heterocycles. The number of halogens is 1. The van der Waals surface area contributed by atoms with Crippen LogP contribution in [0.25, 0.3) is 0 Å². The second-order valence-electron chi connectivity index (χ2n) is 4.00. The van der Waals surface area contributed by atoms with Crippen LogP contribution < -0.4 is 21.2 Å². The predicted octanol–water partition coefficient (Wildman–Crippen LogP) is -0.0469. The Labute approximate surface area is 116 Å². The van der Waals surface area contributed by atoms with Gasteiger partial charge in [0.25, 0.3) is 0 Å². The summed E-state index contributed by atoms with van der Waals surface area (Å²) in [7, 11) is 0. The third-order valence-electron chi connectivity index (χ3n) is 2.33. The van der Waals surface area contributed by atoms with Gasteiger partial charge in [-0.25, -0.2) is 0 Å². The van der Waals surface area contributed by atoms with E-state index in [1.807, 2.05) is 11.8 Å². The average Bonchev–Trinajstić information content (AvgIpc) is 2.25. The Morgan fingerprint density at radius 1 is 1.07 bits per heavy atom. The van der Waals surface area contributed by atoms with Gasteiger partial charge in [0.15, 0.2) is 0 Å². The van der Waals surface area contributed by atoms with Crippen molar-refractivity contribution in [2.75, 3.05) is 23.9 Å². The molecule has 2 saturated heterocycles. The molecule has 2 aliphatic heterocycles. The fourth-order valence-corrected chi connectivity index (χ4v) is 11.5. The Morgan fingerprint density at radius 2 is 1.80 bits per heavy atom. The van der Waals surface area contributed by atoms with Gasteiger partial charge in [-0.1, -0.05) is 0 Å². The zero-order chi connectivity index (χ0) is 10.7. The summed E-state index contributed by atoms with van der Waals surface area (Å²) < 4.78 is 7.58. The van der Waals surface area contributed by atoms with Crippen molar-refractivity contribution in [1.29, 1.82) is 0 Å². The van der Waals surface area contributed by atoms with E-state index in [0.29, 0.717) is 26.6 Å².